The van der Waals surface area contributed by atoms with Crippen molar-refractivity contribution in [2.24, 2.45) is 0 Å². The second-order valence-corrected chi connectivity index (χ2v) is 4.58. The Morgan fingerprint density at radius 3 is 2.79 bits per heavy atom. The van der Waals surface area contributed by atoms with E-state index in [1.54, 1.807) is 11.3 Å². The molecular formula is C9H7NO2S2. The van der Waals surface area contributed by atoms with Crippen LogP contribution >= 0.6 is 22.7 Å². The molecule has 0 unspecified atom stereocenters. The van der Waals surface area contributed by atoms with Crippen LogP contribution in [0, 0.1) is 6.92 Å². The average molecular weight is 225 g/mol. The van der Waals surface area contributed by atoms with Gasteiger partial charge in [-0.2, -0.15) is 11.3 Å². The molecule has 0 radical (unpaired) electrons. The third-order valence-electron chi connectivity index (χ3n) is 1.80. The number of carboxylic acids is 1. The Hall–Kier alpha value is -1.20. The molecule has 1 N–H and O–H groups in total. The molecule has 0 aliphatic carbocycles. The number of thiazole rings is 1. The van der Waals surface area contributed by atoms with Gasteiger partial charge in [0.15, 0.2) is 0 Å². The van der Waals surface area contributed by atoms with Gasteiger partial charge in [-0.1, -0.05) is 0 Å². The van der Waals surface area contributed by atoms with Crippen molar-refractivity contribution >= 4 is 28.6 Å². The van der Waals surface area contributed by atoms with E-state index in [0.29, 0.717) is 0 Å². The summed E-state index contributed by atoms with van der Waals surface area (Å²) >= 11 is 2.81. The topological polar surface area (TPSA) is 50.2 Å². The minimum atomic E-state index is -0.915. The summed E-state index contributed by atoms with van der Waals surface area (Å²) in [4.78, 5) is 15.0. The molecule has 0 spiro atoms. The number of thiophene rings is 1. The van der Waals surface area contributed by atoms with Gasteiger partial charge in [-0.3, -0.25) is 0 Å². The van der Waals surface area contributed by atoms with Crippen molar-refractivity contribution in [3.8, 4) is 10.6 Å². The molecule has 72 valence electrons. The fourth-order valence-corrected chi connectivity index (χ4v) is 2.82. The predicted molar refractivity (Wildman–Crippen MR) is 57.1 cm³/mol. The first-order valence-electron chi connectivity index (χ1n) is 3.91. The maximum Gasteiger partial charge on any atom is 0.347 e. The molecule has 2 aromatic heterocycles. The minimum Gasteiger partial charge on any atom is -0.477 e. The maximum absolute atomic E-state index is 10.6. The van der Waals surface area contributed by atoms with Crippen LogP contribution in [0.25, 0.3) is 10.6 Å². The lowest BCUT2D eigenvalue weighted by atomic mass is 10.2. The van der Waals surface area contributed by atoms with Crippen LogP contribution in [0.4, 0.5) is 0 Å². The summed E-state index contributed by atoms with van der Waals surface area (Å²) in [5.74, 6) is -0.915. The fourth-order valence-electron chi connectivity index (χ4n) is 1.08. The zero-order valence-electron chi connectivity index (χ0n) is 7.35. The van der Waals surface area contributed by atoms with E-state index in [-0.39, 0.29) is 4.88 Å². The van der Waals surface area contributed by atoms with Gasteiger partial charge in [-0.05, 0) is 17.9 Å². The number of carbonyl (C=O) groups is 1. The molecule has 0 bridgehead atoms. The van der Waals surface area contributed by atoms with Gasteiger partial charge in [-0.15, -0.1) is 11.3 Å². The molecule has 0 saturated carbocycles. The van der Waals surface area contributed by atoms with Gasteiger partial charge in [0.1, 0.15) is 9.88 Å². The first-order chi connectivity index (χ1) is 6.68. The van der Waals surface area contributed by atoms with E-state index in [1.165, 1.54) is 17.5 Å². The third-order valence-corrected chi connectivity index (χ3v) is 3.68. The lowest BCUT2D eigenvalue weighted by Crippen LogP contribution is -1.89. The second kappa shape index (κ2) is 3.51. The summed E-state index contributed by atoms with van der Waals surface area (Å²) in [6, 6.07) is 0. The van der Waals surface area contributed by atoms with Crippen LogP contribution < -0.4 is 0 Å². The molecule has 2 heterocycles. The molecule has 3 nitrogen and oxygen atoms in total. The average Bonchev–Trinajstić information content (AvgIpc) is 2.71. The standard InChI is InChI=1S/C9H7NO2S2/c1-5-3-13-4-6(5)8-10-2-7(14-8)9(11)12/h2-4H,1H3,(H,11,12). The highest BCUT2D eigenvalue weighted by molar-refractivity contribution is 7.17. The molecule has 0 saturated heterocycles. The molecule has 0 aromatic carbocycles. The zero-order valence-corrected chi connectivity index (χ0v) is 8.98. The Balaban J connectivity index is 2.43. The Morgan fingerprint density at radius 1 is 1.50 bits per heavy atom. The first-order valence-corrected chi connectivity index (χ1v) is 5.66. The van der Waals surface area contributed by atoms with Crippen LogP contribution in [0.2, 0.25) is 0 Å². The Kier molecular flexibility index (Phi) is 2.35. The van der Waals surface area contributed by atoms with Crippen LogP contribution in [0.1, 0.15) is 15.2 Å². The summed E-state index contributed by atoms with van der Waals surface area (Å²) in [5, 5.41) is 13.5. The van der Waals surface area contributed by atoms with Gasteiger partial charge in [-0.25, -0.2) is 9.78 Å². The Morgan fingerprint density at radius 2 is 2.29 bits per heavy atom. The van der Waals surface area contributed by atoms with Gasteiger partial charge in [0, 0.05) is 10.9 Å². The van der Waals surface area contributed by atoms with Crippen LogP contribution in [-0.4, -0.2) is 16.1 Å². The van der Waals surface area contributed by atoms with Gasteiger partial charge in [0.2, 0.25) is 0 Å². The van der Waals surface area contributed by atoms with Crippen LogP contribution in [0.3, 0.4) is 0 Å². The summed E-state index contributed by atoms with van der Waals surface area (Å²) in [5.41, 5.74) is 2.17. The van der Waals surface area contributed by atoms with Crippen molar-refractivity contribution in [2.45, 2.75) is 6.92 Å². The van der Waals surface area contributed by atoms with Gasteiger partial charge < -0.3 is 5.11 Å². The number of rotatable bonds is 2. The molecule has 2 aromatic rings. The number of carboxylic acid groups (broad SMARTS) is 1. The highest BCUT2D eigenvalue weighted by Crippen LogP contribution is 2.30. The van der Waals surface area contributed by atoms with Gasteiger partial charge in [0.25, 0.3) is 0 Å². The quantitative estimate of drug-likeness (QED) is 0.855. The Bertz CT molecular complexity index is 473. The van der Waals surface area contributed by atoms with Crippen molar-refractivity contribution in [2.75, 3.05) is 0 Å². The maximum atomic E-state index is 10.6. The summed E-state index contributed by atoms with van der Waals surface area (Å²) in [6.07, 6.45) is 1.40. The number of aryl methyl sites for hydroxylation is 1. The number of nitrogens with zero attached hydrogens (tertiary/aromatic N) is 1. The molecule has 0 aliphatic heterocycles. The number of aromatic nitrogens is 1. The molecular weight excluding hydrogens is 218 g/mol. The summed E-state index contributed by atoms with van der Waals surface area (Å²) < 4.78 is 0. The minimum absolute atomic E-state index is 0.283. The smallest absolute Gasteiger partial charge is 0.347 e. The third kappa shape index (κ3) is 1.56. The van der Waals surface area contributed by atoms with E-state index in [4.69, 9.17) is 5.11 Å². The monoisotopic (exact) mass is 225 g/mol. The highest BCUT2D eigenvalue weighted by atomic mass is 32.1. The normalized spacial score (nSPS) is 10.4. The van der Waals surface area contributed by atoms with Gasteiger partial charge >= 0.3 is 5.97 Å². The number of hydrogen-bond donors (Lipinski definition) is 1. The molecule has 5 heteroatoms. The van der Waals surface area contributed by atoms with Gasteiger partial charge in [0.05, 0.1) is 6.20 Å². The van der Waals surface area contributed by atoms with E-state index >= 15 is 0 Å². The Labute approximate surface area is 88.7 Å². The molecule has 0 aliphatic rings. The van der Waals surface area contributed by atoms with E-state index in [1.807, 2.05) is 17.7 Å². The largest absolute Gasteiger partial charge is 0.477 e. The van der Waals surface area contributed by atoms with Crippen LogP contribution in [-0.2, 0) is 0 Å². The molecule has 2 rings (SSSR count). The van der Waals surface area contributed by atoms with Crippen molar-refractivity contribution in [3.05, 3.63) is 27.4 Å². The summed E-state index contributed by atoms with van der Waals surface area (Å²) in [7, 11) is 0. The van der Waals surface area contributed by atoms with Crippen molar-refractivity contribution in [1.82, 2.24) is 4.98 Å². The van der Waals surface area contributed by atoms with E-state index in [0.717, 1.165) is 16.1 Å². The first kappa shape index (κ1) is 9.36. The van der Waals surface area contributed by atoms with Crippen molar-refractivity contribution in [1.29, 1.82) is 0 Å². The zero-order chi connectivity index (χ0) is 10.1. The fraction of sp³-hybridized carbons (Fsp3) is 0.111. The predicted octanol–water partition coefficient (Wildman–Crippen LogP) is 2.88. The van der Waals surface area contributed by atoms with Crippen molar-refractivity contribution < 1.29 is 9.90 Å². The molecule has 14 heavy (non-hydrogen) atoms. The lowest BCUT2D eigenvalue weighted by Gasteiger charge is -1.91. The van der Waals surface area contributed by atoms with E-state index in [2.05, 4.69) is 4.98 Å². The number of aromatic carboxylic acids is 1. The number of hydrogen-bond acceptors (Lipinski definition) is 4. The van der Waals surface area contributed by atoms with Crippen LogP contribution in [0.5, 0.6) is 0 Å². The lowest BCUT2D eigenvalue weighted by molar-refractivity contribution is 0.0702. The summed E-state index contributed by atoms with van der Waals surface area (Å²) in [6.45, 7) is 1.99. The SMILES string of the molecule is Cc1cscc1-c1ncc(C(=O)O)s1. The van der Waals surface area contributed by atoms with Crippen molar-refractivity contribution in [3.63, 3.8) is 0 Å². The van der Waals surface area contributed by atoms with E-state index < -0.39 is 5.97 Å². The van der Waals surface area contributed by atoms with Crippen LogP contribution in [0.15, 0.2) is 17.0 Å². The van der Waals surface area contributed by atoms with E-state index in [9.17, 15) is 4.79 Å². The molecule has 0 amide bonds. The highest BCUT2D eigenvalue weighted by Gasteiger charge is 2.11. The molecule has 0 atom stereocenters. The second-order valence-electron chi connectivity index (χ2n) is 2.80. The molecule has 0 fully saturated rings.